The van der Waals surface area contributed by atoms with Crippen LogP contribution in [0.5, 0.6) is 0 Å². The number of sulfonamides is 1. The molecule has 2 N–H and O–H groups in total. The van der Waals surface area contributed by atoms with Crippen molar-refractivity contribution in [3.8, 4) is 0 Å². The average molecular weight is 404 g/mol. The highest BCUT2D eigenvalue weighted by Gasteiger charge is 2.19. The van der Waals surface area contributed by atoms with Gasteiger partial charge in [-0.1, -0.05) is 32.4 Å². The second kappa shape index (κ2) is 10.2. The monoisotopic (exact) mass is 403 g/mol. The number of rotatable bonds is 10. The van der Waals surface area contributed by atoms with E-state index < -0.39 is 10.0 Å². The van der Waals surface area contributed by atoms with Crippen molar-refractivity contribution >= 4 is 27.3 Å². The zero-order valence-corrected chi connectivity index (χ0v) is 17.6. The summed E-state index contributed by atoms with van der Waals surface area (Å²) in [4.78, 5) is 12.4. The second-order valence-corrected chi connectivity index (χ2v) is 8.71. The molecule has 0 spiro atoms. The van der Waals surface area contributed by atoms with Crippen molar-refractivity contribution in [1.82, 2.24) is 4.31 Å². The summed E-state index contributed by atoms with van der Waals surface area (Å²) in [7, 11) is -1.89. The van der Waals surface area contributed by atoms with E-state index in [-0.39, 0.29) is 17.3 Å². The predicted octanol–water partition coefficient (Wildman–Crippen LogP) is 3.72. The Morgan fingerprint density at radius 1 is 1.04 bits per heavy atom. The number of hydrogen-bond acceptors (Lipinski definition) is 4. The minimum absolute atomic E-state index is 0.0961. The molecule has 0 heterocycles. The number of benzene rings is 2. The van der Waals surface area contributed by atoms with Gasteiger partial charge in [0.25, 0.3) is 0 Å². The Hall–Kier alpha value is -2.38. The molecule has 6 nitrogen and oxygen atoms in total. The summed E-state index contributed by atoms with van der Waals surface area (Å²) in [5.41, 5.74) is 2.61. The maximum Gasteiger partial charge on any atom is 0.243 e. The lowest BCUT2D eigenvalue weighted by Crippen LogP contribution is -2.28. The third-order valence-electron chi connectivity index (χ3n) is 4.46. The number of aryl methyl sites for hydroxylation is 1. The van der Waals surface area contributed by atoms with Crippen LogP contribution < -0.4 is 10.6 Å². The zero-order valence-electron chi connectivity index (χ0n) is 16.7. The van der Waals surface area contributed by atoms with Crippen LogP contribution in [0.3, 0.4) is 0 Å². The van der Waals surface area contributed by atoms with Gasteiger partial charge in [0.05, 0.1) is 11.4 Å². The average Bonchev–Trinajstić information content (AvgIpc) is 2.70. The maximum atomic E-state index is 12.5. The van der Waals surface area contributed by atoms with Crippen LogP contribution in [0.1, 0.15) is 32.3 Å². The first-order chi connectivity index (χ1) is 13.4. The van der Waals surface area contributed by atoms with Crippen molar-refractivity contribution in [3.05, 3.63) is 54.1 Å². The van der Waals surface area contributed by atoms with Gasteiger partial charge < -0.3 is 10.6 Å². The van der Waals surface area contributed by atoms with Crippen LogP contribution in [0.25, 0.3) is 0 Å². The number of amides is 1. The number of nitrogens with one attached hydrogen (secondary N) is 2. The summed E-state index contributed by atoms with van der Waals surface area (Å²) in [6.07, 6.45) is 2.67. The molecule has 0 aromatic heterocycles. The third kappa shape index (κ3) is 6.07. The number of nitrogens with zero attached hydrogens (tertiary/aromatic N) is 1. The molecule has 0 fully saturated rings. The molecule has 0 aliphatic rings. The van der Waals surface area contributed by atoms with E-state index in [1.807, 2.05) is 31.2 Å². The highest BCUT2D eigenvalue weighted by molar-refractivity contribution is 7.89. The highest BCUT2D eigenvalue weighted by Crippen LogP contribution is 2.18. The van der Waals surface area contributed by atoms with Crippen LogP contribution in [0.4, 0.5) is 11.4 Å². The van der Waals surface area contributed by atoms with Gasteiger partial charge in [0.15, 0.2) is 0 Å². The first kappa shape index (κ1) is 21.9. The Bertz CT molecular complexity index is 880. The van der Waals surface area contributed by atoms with Crippen LogP contribution in [-0.4, -0.2) is 38.8 Å². The van der Waals surface area contributed by atoms with Gasteiger partial charge in [0.2, 0.25) is 15.9 Å². The highest BCUT2D eigenvalue weighted by atomic mass is 32.2. The minimum Gasteiger partial charge on any atom is -0.376 e. The van der Waals surface area contributed by atoms with E-state index in [1.54, 1.807) is 31.3 Å². The molecule has 7 heteroatoms. The molecule has 1 amide bonds. The van der Waals surface area contributed by atoms with E-state index in [0.29, 0.717) is 12.2 Å². The number of hydrogen-bond donors (Lipinski definition) is 2. The molecule has 0 bridgehead atoms. The zero-order chi connectivity index (χ0) is 20.6. The number of carbonyl (C=O) groups excluding carboxylic acids is 1. The molecule has 0 saturated heterocycles. The third-order valence-corrected chi connectivity index (χ3v) is 6.33. The predicted molar refractivity (Wildman–Crippen MR) is 114 cm³/mol. The van der Waals surface area contributed by atoms with Crippen LogP contribution >= 0.6 is 0 Å². The van der Waals surface area contributed by atoms with Gasteiger partial charge in [-0.05, 0) is 54.8 Å². The first-order valence-corrected chi connectivity index (χ1v) is 11.0. The van der Waals surface area contributed by atoms with Crippen LogP contribution in [0.2, 0.25) is 0 Å². The first-order valence-electron chi connectivity index (χ1n) is 9.56. The smallest absolute Gasteiger partial charge is 0.243 e. The molecule has 0 unspecified atom stereocenters. The summed E-state index contributed by atoms with van der Waals surface area (Å²) >= 11 is 0. The van der Waals surface area contributed by atoms with Crippen molar-refractivity contribution in [2.75, 3.05) is 30.8 Å². The fourth-order valence-electron chi connectivity index (χ4n) is 2.68. The van der Waals surface area contributed by atoms with Crippen molar-refractivity contribution in [3.63, 3.8) is 0 Å². The van der Waals surface area contributed by atoms with Gasteiger partial charge in [-0.25, -0.2) is 12.7 Å². The normalized spacial score (nSPS) is 11.4. The Morgan fingerprint density at radius 2 is 1.75 bits per heavy atom. The summed E-state index contributed by atoms with van der Waals surface area (Å²) < 4.78 is 26.4. The molecule has 2 rings (SSSR count). The van der Waals surface area contributed by atoms with E-state index in [0.717, 1.165) is 30.5 Å². The molecular formula is C21H29N3O3S. The van der Waals surface area contributed by atoms with Gasteiger partial charge in [0.1, 0.15) is 0 Å². The van der Waals surface area contributed by atoms with E-state index >= 15 is 0 Å². The van der Waals surface area contributed by atoms with Crippen LogP contribution in [0, 0.1) is 0 Å². The molecule has 0 radical (unpaired) electrons. The Kier molecular flexibility index (Phi) is 8.02. The van der Waals surface area contributed by atoms with Gasteiger partial charge in [0, 0.05) is 25.0 Å². The van der Waals surface area contributed by atoms with Crippen LogP contribution in [-0.2, 0) is 21.2 Å². The molecule has 152 valence electrons. The van der Waals surface area contributed by atoms with Crippen molar-refractivity contribution in [1.29, 1.82) is 0 Å². The summed E-state index contributed by atoms with van der Waals surface area (Å²) in [6.45, 7) is 4.68. The van der Waals surface area contributed by atoms with Crippen molar-refractivity contribution in [2.24, 2.45) is 0 Å². The van der Waals surface area contributed by atoms with Gasteiger partial charge in [-0.15, -0.1) is 0 Å². The summed E-state index contributed by atoms with van der Waals surface area (Å²) in [6, 6.07) is 14.2. The summed E-state index contributed by atoms with van der Waals surface area (Å²) in [5, 5.41) is 5.87. The number of anilines is 2. The molecule has 0 saturated carbocycles. The lowest BCUT2D eigenvalue weighted by molar-refractivity contribution is -0.114. The van der Waals surface area contributed by atoms with E-state index in [1.165, 1.54) is 4.31 Å². The lowest BCUT2D eigenvalue weighted by Gasteiger charge is -2.17. The SMILES string of the molecule is CCCCN(C)S(=O)(=O)c1ccc(NCC(=O)Nc2cccc(CC)c2)cc1. The number of unbranched alkanes of at least 4 members (excludes halogenated alkanes) is 1. The Labute approximate surface area is 168 Å². The topological polar surface area (TPSA) is 78.5 Å². The number of carbonyl (C=O) groups is 1. The van der Waals surface area contributed by atoms with E-state index in [9.17, 15) is 13.2 Å². The molecule has 0 atom stereocenters. The van der Waals surface area contributed by atoms with Gasteiger partial charge in [-0.2, -0.15) is 0 Å². The lowest BCUT2D eigenvalue weighted by atomic mass is 10.1. The molecule has 2 aromatic rings. The van der Waals surface area contributed by atoms with E-state index in [4.69, 9.17) is 0 Å². The molecular weight excluding hydrogens is 374 g/mol. The van der Waals surface area contributed by atoms with Crippen LogP contribution in [0.15, 0.2) is 53.4 Å². The maximum absolute atomic E-state index is 12.5. The standard InChI is InChI=1S/C21H29N3O3S/c1-4-6-14-24(3)28(26,27)20-12-10-18(11-13-20)22-16-21(25)23-19-9-7-8-17(5-2)15-19/h7-13,15,22H,4-6,14,16H2,1-3H3,(H,23,25). The molecule has 28 heavy (non-hydrogen) atoms. The molecule has 0 aliphatic carbocycles. The largest absolute Gasteiger partial charge is 0.376 e. The minimum atomic E-state index is -3.48. The van der Waals surface area contributed by atoms with E-state index in [2.05, 4.69) is 17.6 Å². The second-order valence-electron chi connectivity index (χ2n) is 6.66. The fraction of sp³-hybridized carbons (Fsp3) is 0.381. The van der Waals surface area contributed by atoms with Crippen molar-refractivity contribution < 1.29 is 13.2 Å². The van der Waals surface area contributed by atoms with Gasteiger partial charge in [-0.3, -0.25) is 4.79 Å². The Balaban J connectivity index is 1.92. The van der Waals surface area contributed by atoms with Gasteiger partial charge >= 0.3 is 0 Å². The summed E-state index contributed by atoms with van der Waals surface area (Å²) in [5.74, 6) is -0.163. The quantitative estimate of drug-likeness (QED) is 0.634. The fourth-order valence-corrected chi connectivity index (χ4v) is 3.89. The molecule has 2 aromatic carbocycles. The van der Waals surface area contributed by atoms with Crippen molar-refractivity contribution in [2.45, 2.75) is 38.0 Å². The molecule has 0 aliphatic heterocycles. The Morgan fingerprint density at radius 3 is 2.39 bits per heavy atom.